The van der Waals surface area contributed by atoms with Crippen molar-refractivity contribution in [3.63, 3.8) is 0 Å². The number of ether oxygens (including phenoxy) is 1. The van der Waals surface area contributed by atoms with E-state index >= 15 is 0 Å². The van der Waals surface area contributed by atoms with Crippen LogP contribution in [0.15, 0.2) is 76.6 Å². The summed E-state index contributed by atoms with van der Waals surface area (Å²) >= 11 is 12.6. The highest BCUT2D eigenvalue weighted by molar-refractivity contribution is 7.89. The first-order chi connectivity index (χ1) is 23.7. The molecule has 1 N–H and O–H groups in total. The van der Waals surface area contributed by atoms with Crippen molar-refractivity contribution in [3.8, 4) is 5.75 Å². The lowest BCUT2D eigenvalue weighted by Crippen LogP contribution is -2.54. The molecule has 13 nitrogen and oxygen atoms in total. The summed E-state index contributed by atoms with van der Waals surface area (Å²) in [6, 6.07) is 17.2. The quantitative estimate of drug-likeness (QED) is 0.268. The van der Waals surface area contributed by atoms with Gasteiger partial charge in [0.2, 0.25) is 10.0 Å². The van der Waals surface area contributed by atoms with Crippen LogP contribution >= 0.6 is 23.2 Å². The number of nitrogens with zero attached hydrogens (tertiary/aromatic N) is 5. The van der Waals surface area contributed by atoms with Crippen LogP contribution in [0.4, 0.5) is 4.79 Å². The van der Waals surface area contributed by atoms with E-state index in [-0.39, 0.29) is 29.9 Å². The molecule has 2 heterocycles. The van der Waals surface area contributed by atoms with Gasteiger partial charge in [-0.1, -0.05) is 51.9 Å². The molecule has 0 saturated carbocycles. The smallest absolute Gasteiger partial charge is 0.326 e. The van der Waals surface area contributed by atoms with Gasteiger partial charge in [0.1, 0.15) is 17.6 Å². The molecule has 2 aliphatic heterocycles. The summed E-state index contributed by atoms with van der Waals surface area (Å²) in [4.78, 5) is 30.4. The van der Waals surface area contributed by atoms with Crippen LogP contribution in [0.5, 0.6) is 5.75 Å². The van der Waals surface area contributed by atoms with Gasteiger partial charge in [0.15, 0.2) is 0 Å². The molecule has 1 saturated heterocycles. The van der Waals surface area contributed by atoms with E-state index < -0.39 is 32.1 Å². The maximum Gasteiger partial charge on any atom is 0.326 e. The van der Waals surface area contributed by atoms with Gasteiger partial charge in [0.25, 0.3) is 10.0 Å². The number of carbonyl (C=O) groups is 1. The fourth-order valence-electron chi connectivity index (χ4n) is 5.93. The van der Waals surface area contributed by atoms with Crippen molar-refractivity contribution in [1.82, 2.24) is 23.9 Å². The number of urea groups is 1. The van der Waals surface area contributed by atoms with E-state index in [1.54, 1.807) is 40.1 Å². The molecule has 5 rings (SSSR count). The van der Waals surface area contributed by atoms with Crippen LogP contribution in [0.3, 0.4) is 0 Å². The van der Waals surface area contributed by atoms with E-state index in [0.717, 1.165) is 21.9 Å². The molecular formula is C33H40Cl2N6O7S2. The van der Waals surface area contributed by atoms with E-state index in [9.17, 15) is 21.6 Å². The summed E-state index contributed by atoms with van der Waals surface area (Å²) in [7, 11) is -4.86. The number of sulfonamides is 2. The van der Waals surface area contributed by atoms with Crippen LogP contribution in [0.1, 0.15) is 35.7 Å². The zero-order valence-electron chi connectivity index (χ0n) is 28.1. The summed E-state index contributed by atoms with van der Waals surface area (Å²) in [6.07, 6.45) is 1.12. The molecule has 3 aromatic carbocycles. The number of amides is 2. The van der Waals surface area contributed by atoms with Crippen LogP contribution in [0.2, 0.25) is 10.0 Å². The monoisotopic (exact) mass is 766 g/mol. The average molecular weight is 768 g/mol. The predicted octanol–water partition coefficient (Wildman–Crippen LogP) is 4.41. The Hall–Kier alpha value is -3.28. The zero-order valence-corrected chi connectivity index (χ0v) is 31.3. The highest BCUT2D eigenvalue weighted by Crippen LogP contribution is 2.46. The highest BCUT2D eigenvalue weighted by Gasteiger charge is 2.45. The third-order valence-electron chi connectivity index (χ3n) is 8.52. The fourth-order valence-corrected chi connectivity index (χ4v) is 7.64. The van der Waals surface area contributed by atoms with E-state index in [2.05, 4.69) is 9.62 Å². The zero-order chi connectivity index (χ0) is 36.2. The number of piperazine rings is 1. The van der Waals surface area contributed by atoms with Crippen molar-refractivity contribution in [1.29, 1.82) is 0 Å². The fraction of sp³-hybridized carbons (Fsp3) is 0.394. The van der Waals surface area contributed by atoms with Crippen molar-refractivity contribution >= 4 is 55.1 Å². The Morgan fingerprint density at radius 1 is 0.940 bits per heavy atom. The van der Waals surface area contributed by atoms with Crippen LogP contribution in [-0.2, 0) is 24.9 Å². The van der Waals surface area contributed by atoms with E-state index in [1.165, 1.54) is 26.3 Å². The Morgan fingerprint density at radius 2 is 1.54 bits per heavy atom. The van der Waals surface area contributed by atoms with Crippen LogP contribution in [0, 0.1) is 0 Å². The van der Waals surface area contributed by atoms with Crippen LogP contribution in [-0.4, -0.2) is 114 Å². The SMILES string of the molecule is CCOc1ccc(S(=O)(=O)N(C)OC)cc1C1=N[C@@H](c2ccc(Cl)cc2)[C@@H](c2ccc(Cl)cc2)N1C(=O)N1CCN(CCNS(C)(=O)=O)CC1. The topological polar surface area (TPSA) is 141 Å². The summed E-state index contributed by atoms with van der Waals surface area (Å²) in [5.74, 6) is 0.577. The second-order valence-electron chi connectivity index (χ2n) is 11.8. The number of benzene rings is 3. The molecule has 270 valence electrons. The molecule has 0 bridgehead atoms. The van der Waals surface area contributed by atoms with Gasteiger partial charge in [-0.05, 0) is 60.5 Å². The molecule has 2 amide bonds. The predicted molar refractivity (Wildman–Crippen MR) is 193 cm³/mol. The Bertz CT molecular complexity index is 1920. The lowest BCUT2D eigenvalue weighted by Gasteiger charge is -2.39. The Balaban J connectivity index is 1.62. The third-order valence-corrected chi connectivity index (χ3v) is 11.4. The van der Waals surface area contributed by atoms with Crippen molar-refractivity contribution in [2.45, 2.75) is 23.9 Å². The van der Waals surface area contributed by atoms with Gasteiger partial charge in [0.05, 0.1) is 36.5 Å². The molecule has 0 unspecified atom stereocenters. The summed E-state index contributed by atoms with van der Waals surface area (Å²) < 4.78 is 59.2. The molecule has 0 aromatic heterocycles. The molecule has 0 aliphatic carbocycles. The second-order valence-corrected chi connectivity index (χ2v) is 16.4. The normalized spacial score (nSPS) is 18.8. The Morgan fingerprint density at radius 3 is 2.10 bits per heavy atom. The van der Waals surface area contributed by atoms with Crippen molar-refractivity contribution < 1.29 is 31.2 Å². The third kappa shape index (κ3) is 8.60. The highest BCUT2D eigenvalue weighted by atomic mass is 35.5. The maximum atomic E-state index is 14.8. The summed E-state index contributed by atoms with van der Waals surface area (Å²) in [5, 5.41) is 1.06. The number of hydrogen-bond donors (Lipinski definition) is 1. The Labute approximate surface area is 303 Å². The molecule has 0 radical (unpaired) electrons. The maximum absolute atomic E-state index is 14.8. The van der Waals surface area contributed by atoms with Crippen molar-refractivity contribution in [3.05, 3.63) is 93.5 Å². The first-order valence-corrected chi connectivity index (χ1v) is 20.0. The lowest BCUT2D eigenvalue weighted by molar-refractivity contribution is -0.0258. The number of aliphatic imine (C=N–C) groups is 1. The van der Waals surface area contributed by atoms with Gasteiger partial charge in [-0.15, -0.1) is 0 Å². The summed E-state index contributed by atoms with van der Waals surface area (Å²) in [6.45, 7) is 4.61. The van der Waals surface area contributed by atoms with Gasteiger partial charge in [-0.2, -0.15) is 0 Å². The Kier molecular flexibility index (Phi) is 12.1. The van der Waals surface area contributed by atoms with E-state index in [0.29, 0.717) is 54.1 Å². The number of hydroxylamine groups is 1. The summed E-state index contributed by atoms with van der Waals surface area (Å²) in [5.41, 5.74) is 1.85. The van der Waals surface area contributed by atoms with Gasteiger partial charge in [0, 0.05) is 56.4 Å². The van der Waals surface area contributed by atoms with Crippen LogP contribution < -0.4 is 9.46 Å². The number of nitrogens with one attached hydrogen (secondary N) is 1. The van der Waals surface area contributed by atoms with E-state index in [4.69, 9.17) is 37.8 Å². The van der Waals surface area contributed by atoms with Gasteiger partial charge in [-0.25, -0.2) is 26.4 Å². The number of rotatable bonds is 12. The minimum atomic E-state index is -4.09. The molecule has 50 heavy (non-hydrogen) atoms. The standard InChI is InChI=1S/C33H40Cl2N6O7S2/c1-5-48-29-15-14-27(50(45,46)38(2)47-3)22-28(29)32-37-30(23-6-10-25(34)11-7-23)31(24-8-12-26(35)13-9-24)41(32)33(42)40-20-18-39(19-21-40)17-16-36-49(4,43)44/h6-15,22,30-31,36H,5,16-21H2,1-4H3/t30-,31+/m0/s1. The van der Waals surface area contributed by atoms with E-state index in [1.807, 2.05) is 31.2 Å². The van der Waals surface area contributed by atoms with Gasteiger partial charge < -0.3 is 9.64 Å². The largest absolute Gasteiger partial charge is 0.493 e. The first-order valence-electron chi connectivity index (χ1n) is 15.9. The first kappa shape index (κ1) is 38.0. The second kappa shape index (κ2) is 15.9. The minimum Gasteiger partial charge on any atom is -0.493 e. The van der Waals surface area contributed by atoms with Crippen molar-refractivity contribution in [2.24, 2.45) is 4.99 Å². The van der Waals surface area contributed by atoms with Gasteiger partial charge in [-0.3, -0.25) is 19.6 Å². The minimum absolute atomic E-state index is 0.0790. The number of halogens is 2. The van der Waals surface area contributed by atoms with Gasteiger partial charge >= 0.3 is 6.03 Å². The molecule has 17 heteroatoms. The number of hydrogen-bond acceptors (Lipinski definition) is 9. The van der Waals surface area contributed by atoms with Crippen LogP contribution in [0.25, 0.3) is 0 Å². The van der Waals surface area contributed by atoms with Crippen molar-refractivity contribution in [2.75, 3.05) is 66.3 Å². The molecule has 0 spiro atoms. The number of amidine groups is 1. The molecule has 1 fully saturated rings. The number of carbonyl (C=O) groups excluding carboxylic acids is 1. The molecule has 3 aromatic rings. The molecule has 2 aliphatic rings. The lowest BCUT2D eigenvalue weighted by atomic mass is 9.93. The molecular weight excluding hydrogens is 727 g/mol. The molecule has 2 atom stereocenters. The average Bonchev–Trinajstić information content (AvgIpc) is 3.48.